The number of hydrogen-bond donors (Lipinski definition) is 22. The minimum atomic E-state index is -5.35. The lowest BCUT2D eigenvalue weighted by molar-refractivity contribution is -0.365. The zero-order valence-corrected chi connectivity index (χ0v) is 43.1. The van der Waals surface area contributed by atoms with Crippen LogP contribution in [0, 0.1) is 0 Å². The predicted octanol–water partition coefficient (Wildman–Crippen LogP) is -12.1. The zero-order valence-electron chi connectivity index (χ0n) is 41.3. The summed E-state index contributed by atoms with van der Waals surface area (Å²) in [4.78, 5) is 10.9. The number of aliphatic hydroxyl groups is 20. The molecule has 6 aliphatic rings. The number of thiol groups is 1. The van der Waals surface area contributed by atoms with Gasteiger partial charge >= 0.3 is 7.82 Å². The van der Waals surface area contributed by atoms with Crippen LogP contribution in [0.2, 0.25) is 0 Å². The number of hydrogen-bond acceptors (Lipinski definition) is 34. The molecule has 0 aromatic rings. The van der Waals surface area contributed by atoms with Gasteiger partial charge in [-0.3, -0.25) is 9.05 Å². The maximum absolute atomic E-state index is 13.5. The first-order valence-corrected chi connectivity index (χ1v) is 27.1. The van der Waals surface area contributed by atoms with Crippen molar-refractivity contribution in [3.05, 3.63) is 0 Å². The third kappa shape index (κ3) is 15.4. The molecule has 5 heterocycles. The van der Waals surface area contributed by atoms with Gasteiger partial charge in [0.15, 0.2) is 31.5 Å². The molecule has 1 aliphatic carbocycles. The van der Waals surface area contributed by atoms with Gasteiger partial charge in [0.1, 0.15) is 159 Å². The molecule has 21 N–H and O–H groups in total. The zero-order chi connectivity index (χ0) is 57.7. The molecule has 458 valence electrons. The molecule has 0 radical (unpaired) electrons. The molecule has 36 heteroatoms. The summed E-state index contributed by atoms with van der Waals surface area (Å²) in [6.07, 6.45) is -60.3. The molecule has 0 bridgehead atoms. The van der Waals surface area contributed by atoms with E-state index in [0.717, 1.165) is 0 Å². The molecule has 0 spiro atoms. The van der Waals surface area contributed by atoms with Gasteiger partial charge in [-0.05, 0) is 18.6 Å². The van der Waals surface area contributed by atoms with Crippen molar-refractivity contribution in [1.29, 1.82) is 0 Å². The SMILES string of the molecule is O=P(O)(OCCCCCCS)O[C@@H]1[C@H](O[C@H]2O[C@H](CO)[C@@H](O)[C@H](O)[C@@H]2O)[C@H](O)C(O)[C@H](O)[C@H]1O[C@H]1O[C@H](CO[C@H]2O[C@H](CO[C@H]3O[C@H](CO[C@H]4O[C@H](CO)[C@@H](O)[C@H](O)[C@@H]4O)[C@@H](O)[C@H](O)[C@@H]3O)[C@@H](O)[C@H](O)[C@@H]2O)[C@@H](O)[C@H](O)[C@@H]1O. The van der Waals surface area contributed by atoms with E-state index in [1.807, 2.05) is 0 Å². The van der Waals surface area contributed by atoms with E-state index in [1.165, 1.54) is 0 Å². The topological polar surface area (TPSA) is 553 Å². The summed E-state index contributed by atoms with van der Waals surface area (Å²) in [5.74, 6) is 0.571. The van der Waals surface area contributed by atoms with E-state index in [-0.39, 0.29) is 6.42 Å². The van der Waals surface area contributed by atoms with Crippen molar-refractivity contribution in [1.82, 2.24) is 0 Å². The fourth-order valence-electron chi connectivity index (χ4n) is 9.35. The molecular formula is C42H75O34PS. The van der Waals surface area contributed by atoms with Crippen LogP contribution in [0.15, 0.2) is 0 Å². The fraction of sp³-hybridized carbons (Fsp3) is 1.00. The van der Waals surface area contributed by atoms with E-state index < -0.39 is 238 Å². The van der Waals surface area contributed by atoms with Crippen molar-refractivity contribution >= 4 is 20.5 Å². The first kappa shape index (κ1) is 66.4. The fourth-order valence-corrected chi connectivity index (χ4v) is 10.5. The Hall–Kier alpha value is -0.740. The molecule has 0 aromatic carbocycles. The smallest absolute Gasteiger partial charge is 0.394 e. The molecule has 5 aliphatic heterocycles. The Morgan fingerprint density at radius 1 is 0.359 bits per heavy atom. The molecule has 1 saturated carbocycles. The number of aliphatic hydroxyl groups excluding tert-OH is 20. The second-order valence-electron chi connectivity index (χ2n) is 19.6. The summed E-state index contributed by atoms with van der Waals surface area (Å²) in [7, 11) is -5.35. The van der Waals surface area contributed by atoms with Crippen LogP contribution in [0.1, 0.15) is 25.7 Å². The monoisotopic (exact) mass is 1190 g/mol. The predicted molar refractivity (Wildman–Crippen MR) is 246 cm³/mol. The van der Waals surface area contributed by atoms with Crippen molar-refractivity contribution in [3.63, 3.8) is 0 Å². The van der Waals surface area contributed by atoms with Gasteiger partial charge in [-0.1, -0.05) is 12.8 Å². The summed E-state index contributed by atoms with van der Waals surface area (Å²) in [6, 6.07) is 0. The maximum atomic E-state index is 13.5. The van der Waals surface area contributed by atoms with Gasteiger partial charge in [0.05, 0.1) is 39.6 Å². The van der Waals surface area contributed by atoms with Crippen LogP contribution >= 0.6 is 20.5 Å². The minimum Gasteiger partial charge on any atom is -0.394 e. The number of ether oxygens (including phenoxy) is 10. The number of unbranched alkanes of at least 4 members (excludes halogenated alkanes) is 3. The van der Waals surface area contributed by atoms with Crippen molar-refractivity contribution in [2.75, 3.05) is 45.4 Å². The quantitative estimate of drug-likeness (QED) is 0.0242. The Balaban J connectivity index is 1.13. The molecule has 34 nitrogen and oxygen atoms in total. The average molecular weight is 1190 g/mol. The van der Waals surface area contributed by atoms with Crippen molar-refractivity contribution in [3.8, 4) is 0 Å². The molecular weight excluding hydrogens is 1110 g/mol. The Labute approximate surface area is 448 Å². The van der Waals surface area contributed by atoms with E-state index in [4.69, 9.17) is 56.4 Å². The number of rotatable bonds is 24. The van der Waals surface area contributed by atoms with Crippen LogP contribution in [-0.2, 0) is 61.0 Å². The van der Waals surface area contributed by atoms with E-state index >= 15 is 0 Å². The largest absolute Gasteiger partial charge is 0.472 e. The van der Waals surface area contributed by atoms with Crippen LogP contribution in [0.25, 0.3) is 0 Å². The lowest BCUT2D eigenvalue weighted by atomic mass is 9.84. The molecule has 32 atom stereocenters. The molecule has 6 rings (SSSR count). The Morgan fingerprint density at radius 3 is 1.01 bits per heavy atom. The molecule has 78 heavy (non-hydrogen) atoms. The highest BCUT2D eigenvalue weighted by molar-refractivity contribution is 7.80. The third-order valence-corrected chi connectivity index (χ3v) is 15.5. The van der Waals surface area contributed by atoms with Crippen LogP contribution in [0.3, 0.4) is 0 Å². The second kappa shape index (κ2) is 29.4. The summed E-state index contributed by atoms with van der Waals surface area (Å²) in [5, 5.41) is 212. The van der Waals surface area contributed by atoms with Gasteiger partial charge in [-0.2, -0.15) is 12.6 Å². The first-order valence-electron chi connectivity index (χ1n) is 24.9. The Kier molecular flexibility index (Phi) is 25.0. The van der Waals surface area contributed by atoms with E-state index in [2.05, 4.69) is 12.6 Å². The van der Waals surface area contributed by atoms with Crippen LogP contribution in [-0.4, -0.2) is 343 Å². The highest BCUT2D eigenvalue weighted by Crippen LogP contribution is 2.49. The molecule has 2 unspecified atom stereocenters. The lowest BCUT2D eigenvalue weighted by Gasteiger charge is -2.49. The third-order valence-electron chi connectivity index (χ3n) is 14.1. The van der Waals surface area contributed by atoms with Gasteiger partial charge in [-0.15, -0.1) is 0 Å². The normalized spacial score (nSPS) is 49.3. The lowest BCUT2D eigenvalue weighted by Crippen LogP contribution is -2.69. The van der Waals surface area contributed by atoms with Gasteiger partial charge in [0, 0.05) is 0 Å². The van der Waals surface area contributed by atoms with E-state index in [9.17, 15) is 112 Å². The van der Waals surface area contributed by atoms with Crippen molar-refractivity contribution in [2.45, 2.75) is 216 Å². The van der Waals surface area contributed by atoms with Crippen molar-refractivity contribution in [2.24, 2.45) is 0 Å². The first-order chi connectivity index (χ1) is 36.8. The second-order valence-corrected chi connectivity index (χ2v) is 21.5. The van der Waals surface area contributed by atoms with Gasteiger partial charge < -0.3 is 154 Å². The Bertz CT molecular complexity index is 1840. The number of phosphoric ester groups is 1. The van der Waals surface area contributed by atoms with E-state index in [0.29, 0.717) is 25.0 Å². The molecule has 5 saturated heterocycles. The highest BCUT2D eigenvalue weighted by Gasteiger charge is 2.59. The van der Waals surface area contributed by atoms with Gasteiger partial charge in [-0.25, -0.2) is 4.57 Å². The van der Waals surface area contributed by atoms with Crippen molar-refractivity contribution < 1.29 is 168 Å². The van der Waals surface area contributed by atoms with Crippen LogP contribution in [0.5, 0.6) is 0 Å². The molecule has 0 aromatic heterocycles. The summed E-state index contributed by atoms with van der Waals surface area (Å²) < 4.78 is 79.4. The molecule has 0 amide bonds. The van der Waals surface area contributed by atoms with E-state index in [1.54, 1.807) is 0 Å². The summed E-state index contributed by atoms with van der Waals surface area (Å²) in [5.41, 5.74) is 0. The molecule has 6 fully saturated rings. The van der Waals surface area contributed by atoms with Gasteiger partial charge in [0.25, 0.3) is 0 Å². The standard InChI is InChI=1S/C42H75O34PS/c43-7-12-17(45)22(50)30(58)38(69-12)65-9-14-19(47)24(52)31(59)39(71-14)66-10-15-20(48)25(53)32(60)40(72-15)67-11-16-21(49)26(54)34(62)42(73-16)75-36-29(57)27(55)28(56)35(74-41-33(61)23(51)18(46)13(8-44)70-41)37(36)76-77(63,64)68-5-3-1-2-4-6-78/h12-62,78H,1-11H2,(H,63,64)/t12-,13-,14-,15-,16-,17-,18-,19-,20-,21-,22+,23+,24+,25+,26+,27?,28-,29+,30+,31+,32+,33+,34+,35-,36-,37-,38+,39+,40+,41-,42-/m1/s1. The minimum absolute atomic E-state index is 0.220. The highest BCUT2D eigenvalue weighted by atomic mass is 32.1. The summed E-state index contributed by atoms with van der Waals surface area (Å²) in [6.45, 7) is -4.71. The van der Waals surface area contributed by atoms with Gasteiger partial charge in [0.2, 0.25) is 0 Å². The number of phosphoric acid groups is 1. The van der Waals surface area contributed by atoms with Crippen LogP contribution in [0.4, 0.5) is 0 Å². The Morgan fingerprint density at radius 2 is 0.654 bits per heavy atom. The summed E-state index contributed by atoms with van der Waals surface area (Å²) >= 11 is 4.12. The van der Waals surface area contributed by atoms with Crippen LogP contribution < -0.4 is 0 Å². The average Bonchev–Trinajstić information content (AvgIpc) is 3.42. The maximum Gasteiger partial charge on any atom is 0.472 e.